The average molecular weight is 576 g/mol. The van der Waals surface area contributed by atoms with Gasteiger partial charge in [-0.3, -0.25) is 24.2 Å². The van der Waals surface area contributed by atoms with E-state index < -0.39 is 42.0 Å². The van der Waals surface area contributed by atoms with E-state index in [0.29, 0.717) is 37.4 Å². The number of amides is 3. The minimum absolute atomic E-state index is 0.196. The second kappa shape index (κ2) is 12.6. The minimum atomic E-state index is -0.865. The molecule has 0 radical (unpaired) electrons. The van der Waals surface area contributed by atoms with E-state index in [1.54, 1.807) is 13.8 Å². The number of hydrazine groups is 1. The number of hydrogen-bond acceptors (Lipinski definition) is 7. The van der Waals surface area contributed by atoms with E-state index in [1.807, 2.05) is 56.3 Å². The molecule has 42 heavy (non-hydrogen) atoms. The fourth-order valence-corrected chi connectivity index (χ4v) is 5.52. The molecule has 1 aromatic heterocycles. The first-order valence-corrected chi connectivity index (χ1v) is 15.1. The number of aromatic nitrogens is 1. The van der Waals surface area contributed by atoms with Crippen molar-refractivity contribution in [3.63, 3.8) is 0 Å². The van der Waals surface area contributed by atoms with Gasteiger partial charge in [0.05, 0.1) is 17.1 Å². The molecule has 5 atom stereocenters. The number of nitrogens with zero attached hydrogens (tertiary/aromatic N) is 2. The van der Waals surface area contributed by atoms with Crippen LogP contribution in [0.3, 0.4) is 0 Å². The number of cyclic esters (lactones) is 1. The summed E-state index contributed by atoms with van der Waals surface area (Å²) in [4.78, 5) is 58.0. The van der Waals surface area contributed by atoms with Gasteiger partial charge in [0, 0.05) is 11.9 Å². The van der Waals surface area contributed by atoms with Crippen LogP contribution in [-0.2, 0) is 23.9 Å². The van der Waals surface area contributed by atoms with E-state index in [2.05, 4.69) is 16.1 Å². The highest BCUT2D eigenvalue weighted by Crippen LogP contribution is 2.36. The molecule has 5 rings (SSSR count). The molecule has 3 heterocycles. The van der Waals surface area contributed by atoms with Gasteiger partial charge >= 0.3 is 5.97 Å². The Bertz CT molecular complexity index is 1390. The Balaban J connectivity index is 1.48. The number of pyridine rings is 1. The molecule has 1 saturated carbocycles. The highest BCUT2D eigenvalue weighted by Gasteiger charge is 2.35. The van der Waals surface area contributed by atoms with Crippen molar-refractivity contribution in [2.75, 3.05) is 6.54 Å². The van der Waals surface area contributed by atoms with Crippen LogP contribution in [0.15, 0.2) is 36.4 Å². The zero-order valence-corrected chi connectivity index (χ0v) is 24.8. The van der Waals surface area contributed by atoms with Gasteiger partial charge < -0.3 is 15.4 Å². The Hall–Kier alpha value is -3.79. The Labute approximate surface area is 246 Å². The summed E-state index contributed by atoms with van der Waals surface area (Å²) in [5.74, 6) is -1.56. The zero-order valence-electron chi connectivity index (χ0n) is 24.8. The fourth-order valence-electron chi connectivity index (χ4n) is 5.52. The summed E-state index contributed by atoms with van der Waals surface area (Å²) in [6.45, 7) is 7.51. The minimum Gasteiger partial charge on any atom is -0.455 e. The lowest BCUT2D eigenvalue weighted by molar-refractivity contribution is -0.157. The normalized spacial score (nSPS) is 28.0. The number of ether oxygens (including phenoxy) is 1. The number of carbonyl (C=O) groups excluding carboxylic acids is 4. The third kappa shape index (κ3) is 6.98. The van der Waals surface area contributed by atoms with Gasteiger partial charge in [0.1, 0.15) is 24.2 Å². The van der Waals surface area contributed by atoms with Crippen molar-refractivity contribution < 1.29 is 23.9 Å². The van der Waals surface area contributed by atoms with E-state index in [-0.39, 0.29) is 17.7 Å². The lowest BCUT2D eigenvalue weighted by Crippen LogP contribution is -2.61. The topological polar surface area (TPSA) is 130 Å². The van der Waals surface area contributed by atoms with Gasteiger partial charge in [-0.05, 0) is 62.6 Å². The van der Waals surface area contributed by atoms with Gasteiger partial charge in [0.15, 0.2) is 0 Å². The summed E-state index contributed by atoms with van der Waals surface area (Å²) >= 11 is 0. The number of benzene rings is 1. The molecule has 3 amide bonds. The largest absolute Gasteiger partial charge is 0.455 e. The van der Waals surface area contributed by atoms with Crippen LogP contribution in [0.25, 0.3) is 17.0 Å². The maximum absolute atomic E-state index is 13.5. The molecule has 1 aromatic carbocycles. The molecule has 1 aliphatic carbocycles. The number of esters is 1. The standard InChI is InChI=1S/C32H41N5O5/c1-18(2)28-30(39)33-19(3)31(40)37-15-5-6-26(36-37)32(41)42-20(4)25-14-13-23-11-9-22(17-27(23)34-25)10-12-24(29(38)35-28)16-21-7-8-21/h9-14,17-21,24,26,28,36H,5-8,15-16H2,1-4H3,(H,33,39)(H,35,38)/t19-,20+,24-,26-,28-/m0/s1. The van der Waals surface area contributed by atoms with Gasteiger partial charge in [0.25, 0.3) is 5.91 Å². The first kappa shape index (κ1) is 29.7. The summed E-state index contributed by atoms with van der Waals surface area (Å²) in [5, 5.41) is 8.07. The summed E-state index contributed by atoms with van der Waals surface area (Å²) in [6.07, 6.45) is 7.27. The Kier molecular flexibility index (Phi) is 8.91. The molecule has 2 fully saturated rings. The predicted octanol–water partition coefficient (Wildman–Crippen LogP) is 3.42. The Morgan fingerprint density at radius 1 is 1.00 bits per heavy atom. The molecule has 5 bridgehead atoms. The monoisotopic (exact) mass is 575 g/mol. The lowest BCUT2D eigenvalue weighted by Gasteiger charge is -2.35. The third-order valence-electron chi connectivity index (χ3n) is 8.30. The first-order chi connectivity index (χ1) is 20.1. The Morgan fingerprint density at radius 3 is 2.50 bits per heavy atom. The van der Waals surface area contributed by atoms with E-state index in [0.717, 1.165) is 29.3 Å². The molecule has 3 N–H and O–H groups in total. The second-order valence-electron chi connectivity index (χ2n) is 12.2. The van der Waals surface area contributed by atoms with Crippen LogP contribution in [0.4, 0.5) is 0 Å². The molecule has 2 aliphatic heterocycles. The quantitative estimate of drug-likeness (QED) is 0.478. The molecule has 224 valence electrons. The van der Waals surface area contributed by atoms with Gasteiger partial charge in [-0.15, -0.1) is 0 Å². The second-order valence-corrected chi connectivity index (χ2v) is 12.2. The smallest absolute Gasteiger partial charge is 0.325 e. The molecule has 1 saturated heterocycles. The fraction of sp³-hybridized carbons (Fsp3) is 0.531. The van der Waals surface area contributed by atoms with Crippen molar-refractivity contribution in [2.45, 2.75) is 84.0 Å². The predicted molar refractivity (Wildman–Crippen MR) is 158 cm³/mol. The van der Waals surface area contributed by atoms with Crippen molar-refractivity contribution >= 4 is 40.7 Å². The van der Waals surface area contributed by atoms with Crippen LogP contribution in [0.5, 0.6) is 0 Å². The van der Waals surface area contributed by atoms with Crippen LogP contribution in [0.2, 0.25) is 0 Å². The molecule has 3 aliphatic rings. The molecule has 10 heteroatoms. The first-order valence-electron chi connectivity index (χ1n) is 15.1. The maximum Gasteiger partial charge on any atom is 0.325 e. The highest BCUT2D eigenvalue weighted by atomic mass is 16.5. The van der Waals surface area contributed by atoms with Crippen LogP contribution >= 0.6 is 0 Å². The van der Waals surface area contributed by atoms with Gasteiger partial charge in [-0.25, -0.2) is 10.4 Å². The van der Waals surface area contributed by atoms with Crippen LogP contribution in [-0.4, -0.2) is 58.4 Å². The number of rotatable bonds is 3. The SMILES string of the molecule is CC(C)[C@@H]1NC(=O)[C@H](CC2CC2)C=Cc2ccc3ccc(nc3c2)[C@@H](C)OC(=O)[C@@H]2CCCN(N2)C(=O)[C@H](C)NC1=O. The molecule has 0 unspecified atom stereocenters. The average Bonchev–Trinajstić information content (AvgIpc) is 3.80. The number of hydrogen-bond donors (Lipinski definition) is 3. The summed E-state index contributed by atoms with van der Waals surface area (Å²) in [7, 11) is 0. The van der Waals surface area contributed by atoms with Crippen molar-refractivity contribution in [3.8, 4) is 0 Å². The zero-order chi connectivity index (χ0) is 30.0. The van der Waals surface area contributed by atoms with Gasteiger partial charge in [0.2, 0.25) is 11.8 Å². The van der Waals surface area contributed by atoms with Crippen LogP contribution in [0, 0.1) is 17.8 Å². The lowest BCUT2D eigenvalue weighted by atomic mass is 9.96. The summed E-state index contributed by atoms with van der Waals surface area (Å²) in [5.41, 5.74) is 5.26. The molecular formula is C32H41N5O5. The Morgan fingerprint density at radius 2 is 1.76 bits per heavy atom. The van der Waals surface area contributed by atoms with Crippen molar-refractivity contribution in [1.82, 2.24) is 26.1 Å². The van der Waals surface area contributed by atoms with Crippen LogP contribution in [0.1, 0.15) is 77.2 Å². The van der Waals surface area contributed by atoms with Crippen LogP contribution < -0.4 is 16.1 Å². The molecule has 2 aromatic rings. The van der Waals surface area contributed by atoms with Crippen molar-refractivity contribution in [3.05, 3.63) is 47.7 Å². The third-order valence-corrected chi connectivity index (χ3v) is 8.30. The van der Waals surface area contributed by atoms with E-state index >= 15 is 0 Å². The van der Waals surface area contributed by atoms with Gasteiger partial charge in [-0.2, -0.15) is 0 Å². The molecule has 10 nitrogen and oxygen atoms in total. The number of nitrogens with one attached hydrogen (secondary N) is 3. The summed E-state index contributed by atoms with van der Waals surface area (Å²) in [6, 6.07) is 7.34. The van der Waals surface area contributed by atoms with Crippen molar-refractivity contribution in [2.24, 2.45) is 17.8 Å². The highest BCUT2D eigenvalue weighted by molar-refractivity contribution is 5.93. The van der Waals surface area contributed by atoms with E-state index in [9.17, 15) is 19.2 Å². The van der Waals surface area contributed by atoms with E-state index in [1.165, 1.54) is 5.01 Å². The molecular weight excluding hydrogens is 534 g/mol. The summed E-state index contributed by atoms with van der Waals surface area (Å²) < 4.78 is 5.78. The number of fused-ring (bicyclic) bond motifs is 4. The van der Waals surface area contributed by atoms with Gasteiger partial charge in [-0.1, -0.05) is 57.0 Å². The number of carbonyl (C=O) groups is 4. The van der Waals surface area contributed by atoms with Crippen molar-refractivity contribution in [1.29, 1.82) is 0 Å². The maximum atomic E-state index is 13.5. The molecule has 0 spiro atoms. The van der Waals surface area contributed by atoms with E-state index in [4.69, 9.17) is 9.72 Å².